The Kier molecular flexibility index (Phi) is 5.90. The average molecular weight is 453 g/mol. The predicted octanol–water partition coefficient (Wildman–Crippen LogP) is 4.09. The molecule has 1 amide bonds. The molecule has 4 rings (SSSR count). The van der Waals surface area contributed by atoms with Crippen LogP contribution in [-0.2, 0) is 17.8 Å². The van der Waals surface area contributed by atoms with Crippen LogP contribution in [0.25, 0.3) is 0 Å². The SMILES string of the molecule is CCS(=O)C1CC2CC(c3nn(C)c(N)c3C(=O)Nc3ccc(F)c(Cl)c3)CC2C1. The van der Waals surface area contributed by atoms with Gasteiger partial charge >= 0.3 is 0 Å². The fraction of sp³-hybridized carbons (Fsp3) is 0.524. The number of carbonyl (C=O) groups excluding carboxylic acids is 1. The number of anilines is 2. The van der Waals surface area contributed by atoms with Gasteiger partial charge in [-0.1, -0.05) is 18.5 Å². The molecule has 6 nitrogen and oxygen atoms in total. The van der Waals surface area contributed by atoms with E-state index in [0.29, 0.717) is 45.6 Å². The number of carbonyl (C=O) groups is 1. The van der Waals surface area contributed by atoms with Crippen molar-refractivity contribution in [2.24, 2.45) is 18.9 Å². The van der Waals surface area contributed by atoms with Crippen molar-refractivity contribution in [3.05, 3.63) is 40.3 Å². The van der Waals surface area contributed by atoms with Crippen LogP contribution in [0, 0.1) is 17.7 Å². The summed E-state index contributed by atoms with van der Waals surface area (Å²) in [6.07, 6.45) is 3.83. The minimum atomic E-state index is -0.746. The van der Waals surface area contributed by atoms with Gasteiger partial charge in [0.2, 0.25) is 0 Å². The van der Waals surface area contributed by atoms with E-state index >= 15 is 0 Å². The maximum Gasteiger partial charge on any atom is 0.261 e. The van der Waals surface area contributed by atoms with E-state index in [1.54, 1.807) is 7.05 Å². The number of nitrogens with zero attached hydrogens (tertiary/aromatic N) is 2. The van der Waals surface area contributed by atoms with E-state index in [1.807, 2.05) is 6.92 Å². The molecule has 2 aromatic rings. The summed E-state index contributed by atoms with van der Waals surface area (Å²) in [4.78, 5) is 13.0. The van der Waals surface area contributed by atoms with Gasteiger partial charge in [-0.2, -0.15) is 5.10 Å². The summed E-state index contributed by atoms with van der Waals surface area (Å²) in [7, 11) is 0.977. The lowest BCUT2D eigenvalue weighted by molar-refractivity contribution is 0.102. The Morgan fingerprint density at radius 3 is 2.60 bits per heavy atom. The number of nitrogens with one attached hydrogen (secondary N) is 1. The minimum absolute atomic E-state index is 0.0604. The number of fused-ring (bicyclic) bond motifs is 1. The number of amides is 1. The quantitative estimate of drug-likeness (QED) is 0.714. The Labute approximate surface area is 182 Å². The van der Waals surface area contributed by atoms with Crippen LogP contribution in [0.3, 0.4) is 0 Å². The molecular formula is C21H26ClFN4O2S. The van der Waals surface area contributed by atoms with Gasteiger partial charge < -0.3 is 11.1 Å². The number of hydrogen-bond acceptors (Lipinski definition) is 4. The van der Waals surface area contributed by atoms with E-state index in [9.17, 15) is 13.4 Å². The standard InChI is InChI=1S/C21H26ClFN4O2S/c1-3-30(29)15-8-11-6-13(7-12(11)9-15)19-18(20(24)27(2)26-19)21(28)25-14-4-5-17(23)16(22)10-14/h4-5,10-13,15H,3,6-9,24H2,1-2H3,(H,25,28). The van der Waals surface area contributed by atoms with Crippen LogP contribution in [0.1, 0.15) is 54.6 Å². The Hall–Kier alpha value is -1.93. The van der Waals surface area contributed by atoms with Gasteiger partial charge in [0.25, 0.3) is 5.91 Å². The van der Waals surface area contributed by atoms with Gasteiger partial charge in [0.05, 0.1) is 10.7 Å². The van der Waals surface area contributed by atoms with E-state index in [4.69, 9.17) is 17.3 Å². The van der Waals surface area contributed by atoms with Crippen molar-refractivity contribution >= 4 is 39.8 Å². The van der Waals surface area contributed by atoms with Crippen molar-refractivity contribution in [1.82, 2.24) is 9.78 Å². The van der Waals surface area contributed by atoms with E-state index < -0.39 is 16.6 Å². The summed E-state index contributed by atoms with van der Waals surface area (Å²) in [5.41, 5.74) is 7.67. The van der Waals surface area contributed by atoms with Crippen LogP contribution < -0.4 is 11.1 Å². The molecule has 9 heteroatoms. The van der Waals surface area contributed by atoms with Gasteiger partial charge in [0, 0.05) is 40.5 Å². The number of aromatic nitrogens is 2. The van der Waals surface area contributed by atoms with Crippen molar-refractivity contribution in [2.45, 2.75) is 43.8 Å². The third-order valence-corrected chi connectivity index (χ3v) is 8.53. The lowest BCUT2D eigenvalue weighted by Crippen LogP contribution is -2.17. The molecule has 3 N–H and O–H groups in total. The van der Waals surface area contributed by atoms with Crippen LogP contribution in [0.2, 0.25) is 5.02 Å². The van der Waals surface area contributed by atoms with E-state index in [1.165, 1.54) is 22.9 Å². The number of rotatable bonds is 5. The summed E-state index contributed by atoms with van der Waals surface area (Å²) in [6.45, 7) is 1.98. The molecule has 0 aliphatic heterocycles. The fourth-order valence-electron chi connectivity index (χ4n) is 5.08. The zero-order chi connectivity index (χ0) is 21.6. The zero-order valence-corrected chi connectivity index (χ0v) is 18.6. The van der Waals surface area contributed by atoms with Crippen LogP contribution in [0.5, 0.6) is 0 Å². The molecule has 3 atom stereocenters. The molecule has 0 radical (unpaired) electrons. The number of aryl methyl sites for hydroxylation is 1. The second-order valence-electron chi connectivity index (χ2n) is 8.30. The monoisotopic (exact) mass is 452 g/mol. The summed E-state index contributed by atoms with van der Waals surface area (Å²) in [5, 5.41) is 7.57. The highest BCUT2D eigenvalue weighted by molar-refractivity contribution is 7.85. The number of nitrogen functional groups attached to an aromatic ring is 1. The number of benzene rings is 1. The first-order chi connectivity index (χ1) is 14.3. The first kappa shape index (κ1) is 21.3. The molecule has 2 aliphatic rings. The smallest absolute Gasteiger partial charge is 0.261 e. The molecular weight excluding hydrogens is 427 g/mol. The normalized spacial score (nSPS) is 26.5. The highest BCUT2D eigenvalue weighted by atomic mass is 35.5. The molecule has 30 heavy (non-hydrogen) atoms. The average Bonchev–Trinajstić information content (AvgIpc) is 3.36. The molecule has 0 saturated heterocycles. The maximum atomic E-state index is 13.4. The third-order valence-electron chi connectivity index (χ3n) is 6.54. The Morgan fingerprint density at radius 2 is 2.00 bits per heavy atom. The van der Waals surface area contributed by atoms with Crippen molar-refractivity contribution in [2.75, 3.05) is 16.8 Å². The number of hydrogen-bond donors (Lipinski definition) is 2. The molecule has 1 heterocycles. The second kappa shape index (κ2) is 8.30. The lowest BCUT2D eigenvalue weighted by Gasteiger charge is -2.14. The lowest BCUT2D eigenvalue weighted by atomic mass is 9.96. The summed E-state index contributed by atoms with van der Waals surface area (Å²) < 4.78 is 27.1. The van der Waals surface area contributed by atoms with E-state index in [0.717, 1.165) is 25.7 Å². The van der Waals surface area contributed by atoms with E-state index in [-0.39, 0.29) is 16.8 Å². The van der Waals surface area contributed by atoms with Gasteiger partial charge in [0.15, 0.2) is 0 Å². The Bertz CT molecular complexity index is 997. The fourth-order valence-corrected chi connectivity index (χ4v) is 6.65. The summed E-state index contributed by atoms with van der Waals surface area (Å²) in [6, 6.07) is 4.04. The highest BCUT2D eigenvalue weighted by Gasteiger charge is 2.45. The van der Waals surface area contributed by atoms with Crippen LogP contribution in [-0.4, -0.2) is 30.9 Å². The zero-order valence-electron chi connectivity index (χ0n) is 17.0. The minimum Gasteiger partial charge on any atom is -0.383 e. The molecule has 2 aliphatic carbocycles. The molecule has 0 bridgehead atoms. The second-order valence-corrected chi connectivity index (χ2v) is 10.7. The first-order valence-corrected chi connectivity index (χ1v) is 12.0. The van der Waals surface area contributed by atoms with Crippen molar-refractivity contribution in [3.63, 3.8) is 0 Å². The molecule has 2 saturated carbocycles. The van der Waals surface area contributed by atoms with Gasteiger partial charge in [-0.3, -0.25) is 13.7 Å². The van der Waals surface area contributed by atoms with E-state index in [2.05, 4.69) is 10.4 Å². The maximum absolute atomic E-state index is 13.4. The van der Waals surface area contributed by atoms with Gasteiger partial charge in [-0.05, 0) is 55.7 Å². The summed E-state index contributed by atoms with van der Waals surface area (Å²) >= 11 is 5.82. The third kappa shape index (κ3) is 3.87. The van der Waals surface area contributed by atoms with Crippen molar-refractivity contribution < 1.29 is 13.4 Å². The van der Waals surface area contributed by atoms with Crippen molar-refractivity contribution in [3.8, 4) is 0 Å². The molecule has 0 spiro atoms. The largest absolute Gasteiger partial charge is 0.383 e. The van der Waals surface area contributed by atoms with Gasteiger partial charge in [-0.15, -0.1) is 0 Å². The molecule has 1 aromatic heterocycles. The Balaban J connectivity index is 1.54. The number of halogens is 2. The Morgan fingerprint density at radius 1 is 1.33 bits per heavy atom. The molecule has 2 fully saturated rings. The topological polar surface area (TPSA) is 90.0 Å². The van der Waals surface area contributed by atoms with Crippen LogP contribution >= 0.6 is 11.6 Å². The predicted molar refractivity (Wildman–Crippen MR) is 118 cm³/mol. The highest BCUT2D eigenvalue weighted by Crippen LogP contribution is 2.52. The first-order valence-electron chi connectivity index (χ1n) is 10.2. The molecule has 162 valence electrons. The summed E-state index contributed by atoms with van der Waals surface area (Å²) in [5.74, 6) is 1.28. The van der Waals surface area contributed by atoms with Gasteiger partial charge in [-0.25, -0.2) is 4.39 Å². The van der Waals surface area contributed by atoms with Crippen LogP contribution in [0.4, 0.5) is 15.9 Å². The van der Waals surface area contributed by atoms with Crippen LogP contribution in [0.15, 0.2) is 18.2 Å². The molecule has 1 aromatic carbocycles. The number of nitrogens with two attached hydrogens (primary N) is 1. The van der Waals surface area contributed by atoms with Crippen molar-refractivity contribution in [1.29, 1.82) is 0 Å². The van der Waals surface area contributed by atoms with Gasteiger partial charge in [0.1, 0.15) is 17.2 Å². The molecule has 3 unspecified atom stereocenters.